The Bertz CT molecular complexity index is 240. The fraction of sp³-hybridized carbons (Fsp3) is 0.545. The summed E-state index contributed by atoms with van der Waals surface area (Å²) in [6.45, 7) is 0. The third kappa shape index (κ3) is 2.44. The minimum absolute atomic E-state index is 0.636. The Morgan fingerprint density at radius 1 is 1.31 bits per heavy atom. The highest BCUT2D eigenvalue weighted by molar-refractivity contribution is 5.33. The first-order valence-electron chi connectivity index (χ1n) is 5.04. The maximum Gasteiger partial charge on any atom is 0.126 e. The highest BCUT2D eigenvalue weighted by atomic mass is 15.0. The molecule has 2 rings (SSSR count). The van der Waals surface area contributed by atoms with Gasteiger partial charge >= 0.3 is 0 Å². The smallest absolute Gasteiger partial charge is 0.126 e. The van der Waals surface area contributed by atoms with Gasteiger partial charge in [0.25, 0.3) is 0 Å². The van der Waals surface area contributed by atoms with Crippen molar-refractivity contribution in [1.29, 1.82) is 0 Å². The van der Waals surface area contributed by atoms with E-state index in [9.17, 15) is 0 Å². The van der Waals surface area contributed by atoms with Gasteiger partial charge in [-0.1, -0.05) is 19.3 Å². The minimum Gasteiger partial charge on any atom is -0.367 e. The lowest BCUT2D eigenvalue weighted by Gasteiger charge is -2.22. The number of pyridine rings is 1. The van der Waals surface area contributed by atoms with Gasteiger partial charge in [0.05, 0.1) is 0 Å². The van der Waals surface area contributed by atoms with Crippen LogP contribution in [0, 0.1) is 6.07 Å². The molecule has 0 spiro atoms. The molecule has 1 aliphatic carbocycles. The number of hydrogen-bond acceptors (Lipinski definition) is 2. The molecule has 69 valence electrons. The first-order chi connectivity index (χ1) is 6.45. The van der Waals surface area contributed by atoms with E-state index in [-0.39, 0.29) is 0 Å². The molecule has 1 radical (unpaired) electrons. The molecular weight excluding hydrogens is 160 g/mol. The van der Waals surface area contributed by atoms with Crippen LogP contribution in [0.4, 0.5) is 5.82 Å². The standard InChI is InChI=1S/C11H15N2/c1-2-6-10(7-3-1)13-11-8-4-5-9-12-11/h5,8-10H,1-3,6-7H2,(H,12,13). The van der Waals surface area contributed by atoms with Crippen molar-refractivity contribution in [1.82, 2.24) is 4.98 Å². The molecule has 1 heterocycles. The molecule has 0 unspecified atom stereocenters. The van der Waals surface area contributed by atoms with Gasteiger partial charge in [0.1, 0.15) is 5.82 Å². The van der Waals surface area contributed by atoms with Crippen LogP contribution in [-0.2, 0) is 0 Å². The van der Waals surface area contributed by atoms with Crippen molar-refractivity contribution in [3.05, 3.63) is 24.4 Å². The summed E-state index contributed by atoms with van der Waals surface area (Å²) in [6, 6.07) is 7.40. The number of hydrogen-bond donors (Lipinski definition) is 1. The summed E-state index contributed by atoms with van der Waals surface area (Å²) in [5.74, 6) is 0.967. The highest BCUT2D eigenvalue weighted by Crippen LogP contribution is 2.20. The number of anilines is 1. The van der Waals surface area contributed by atoms with Crippen LogP contribution >= 0.6 is 0 Å². The lowest BCUT2D eigenvalue weighted by atomic mass is 9.95. The predicted molar refractivity (Wildman–Crippen MR) is 53.6 cm³/mol. The van der Waals surface area contributed by atoms with E-state index in [0.717, 1.165) is 5.82 Å². The molecule has 0 atom stereocenters. The monoisotopic (exact) mass is 175 g/mol. The van der Waals surface area contributed by atoms with Gasteiger partial charge in [0.15, 0.2) is 0 Å². The van der Waals surface area contributed by atoms with Crippen LogP contribution in [0.15, 0.2) is 18.3 Å². The van der Waals surface area contributed by atoms with E-state index in [0.29, 0.717) is 6.04 Å². The topological polar surface area (TPSA) is 24.9 Å². The zero-order valence-electron chi connectivity index (χ0n) is 7.79. The maximum atomic E-state index is 4.23. The van der Waals surface area contributed by atoms with E-state index >= 15 is 0 Å². The SMILES string of the molecule is [c]1ccnc(NC2CCCCC2)c1. The average Bonchev–Trinajstić information content (AvgIpc) is 2.21. The molecule has 0 bridgehead atoms. The largest absolute Gasteiger partial charge is 0.367 e. The number of aromatic nitrogens is 1. The molecule has 1 aromatic heterocycles. The van der Waals surface area contributed by atoms with Crippen LogP contribution in [-0.4, -0.2) is 11.0 Å². The Balaban J connectivity index is 1.90. The molecule has 1 aromatic rings. The van der Waals surface area contributed by atoms with Gasteiger partial charge in [-0.25, -0.2) is 4.98 Å². The highest BCUT2D eigenvalue weighted by Gasteiger charge is 2.12. The predicted octanol–water partition coefficient (Wildman–Crippen LogP) is 2.63. The number of nitrogens with one attached hydrogen (secondary N) is 1. The normalized spacial score (nSPS) is 18.5. The van der Waals surface area contributed by atoms with E-state index in [1.807, 2.05) is 12.1 Å². The van der Waals surface area contributed by atoms with Crippen LogP contribution in [0.25, 0.3) is 0 Å². The Morgan fingerprint density at radius 3 is 2.85 bits per heavy atom. The Kier molecular flexibility index (Phi) is 2.80. The number of rotatable bonds is 2. The van der Waals surface area contributed by atoms with Crippen molar-refractivity contribution in [3.8, 4) is 0 Å². The molecule has 0 aliphatic heterocycles. The molecule has 1 saturated carbocycles. The zero-order valence-corrected chi connectivity index (χ0v) is 7.79. The van der Waals surface area contributed by atoms with Crippen LogP contribution in [0.5, 0.6) is 0 Å². The fourth-order valence-corrected chi connectivity index (χ4v) is 1.86. The van der Waals surface area contributed by atoms with Crippen LogP contribution < -0.4 is 5.32 Å². The van der Waals surface area contributed by atoms with Gasteiger partial charge in [0.2, 0.25) is 0 Å². The average molecular weight is 175 g/mol. The Hall–Kier alpha value is -1.05. The maximum absolute atomic E-state index is 4.23. The lowest BCUT2D eigenvalue weighted by molar-refractivity contribution is 0.462. The second-order valence-corrected chi connectivity index (χ2v) is 3.62. The van der Waals surface area contributed by atoms with E-state index in [1.54, 1.807) is 6.20 Å². The fourth-order valence-electron chi connectivity index (χ4n) is 1.86. The molecule has 0 aromatic carbocycles. The van der Waals surface area contributed by atoms with Crippen molar-refractivity contribution in [2.24, 2.45) is 0 Å². The molecule has 1 N–H and O–H groups in total. The molecule has 1 fully saturated rings. The van der Waals surface area contributed by atoms with Gasteiger partial charge in [-0.2, -0.15) is 0 Å². The second-order valence-electron chi connectivity index (χ2n) is 3.62. The van der Waals surface area contributed by atoms with Crippen LogP contribution in [0.2, 0.25) is 0 Å². The van der Waals surface area contributed by atoms with Crippen molar-refractivity contribution < 1.29 is 0 Å². The van der Waals surface area contributed by atoms with E-state index in [1.165, 1.54) is 32.1 Å². The van der Waals surface area contributed by atoms with Crippen molar-refractivity contribution in [3.63, 3.8) is 0 Å². The summed E-state index contributed by atoms with van der Waals surface area (Å²) in [4.78, 5) is 4.23. The molecule has 0 saturated heterocycles. The molecule has 2 heteroatoms. The van der Waals surface area contributed by atoms with E-state index < -0.39 is 0 Å². The van der Waals surface area contributed by atoms with Crippen molar-refractivity contribution in [2.45, 2.75) is 38.1 Å². The zero-order chi connectivity index (χ0) is 8.93. The summed E-state index contributed by atoms with van der Waals surface area (Å²) in [6.07, 6.45) is 8.47. The summed E-state index contributed by atoms with van der Waals surface area (Å²) >= 11 is 0. The Morgan fingerprint density at radius 2 is 2.15 bits per heavy atom. The second kappa shape index (κ2) is 4.26. The van der Waals surface area contributed by atoms with Crippen molar-refractivity contribution in [2.75, 3.05) is 5.32 Å². The summed E-state index contributed by atoms with van der Waals surface area (Å²) in [5, 5.41) is 3.44. The van der Waals surface area contributed by atoms with Gasteiger partial charge in [-0.05, 0) is 31.0 Å². The van der Waals surface area contributed by atoms with Gasteiger partial charge < -0.3 is 5.32 Å². The minimum atomic E-state index is 0.636. The first kappa shape index (κ1) is 8.54. The van der Waals surface area contributed by atoms with E-state index in [4.69, 9.17) is 0 Å². The molecule has 0 amide bonds. The van der Waals surface area contributed by atoms with E-state index in [2.05, 4.69) is 16.4 Å². The molecule has 13 heavy (non-hydrogen) atoms. The van der Waals surface area contributed by atoms with Gasteiger partial charge in [-0.15, -0.1) is 0 Å². The first-order valence-corrected chi connectivity index (χ1v) is 5.04. The van der Waals surface area contributed by atoms with Gasteiger partial charge in [0, 0.05) is 12.2 Å². The molecule has 1 aliphatic rings. The van der Waals surface area contributed by atoms with Gasteiger partial charge in [-0.3, -0.25) is 0 Å². The summed E-state index contributed by atoms with van der Waals surface area (Å²) < 4.78 is 0. The third-order valence-electron chi connectivity index (χ3n) is 2.56. The van der Waals surface area contributed by atoms with Crippen LogP contribution in [0.1, 0.15) is 32.1 Å². The molecular formula is C11H15N2. The van der Waals surface area contributed by atoms with Crippen molar-refractivity contribution >= 4 is 5.82 Å². The third-order valence-corrected chi connectivity index (χ3v) is 2.56. The summed E-state index contributed by atoms with van der Waals surface area (Å²) in [5.41, 5.74) is 0. The molecule has 2 nitrogen and oxygen atoms in total. The lowest BCUT2D eigenvalue weighted by Crippen LogP contribution is -2.22. The Labute approximate surface area is 79.4 Å². The number of nitrogens with zero attached hydrogens (tertiary/aromatic N) is 1. The quantitative estimate of drug-likeness (QED) is 0.747. The summed E-state index contributed by atoms with van der Waals surface area (Å²) in [7, 11) is 0. The van der Waals surface area contributed by atoms with Crippen LogP contribution in [0.3, 0.4) is 0 Å².